The molecule has 0 bridgehead atoms. The number of rotatable bonds is 7. The van der Waals surface area contributed by atoms with E-state index in [9.17, 15) is 13.2 Å². The van der Waals surface area contributed by atoms with Crippen molar-refractivity contribution in [3.63, 3.8) is 0 Å². The van der Waals surface area contributed by atoms with Crippen LogP contribution in [0.2, 0.25) is 0 Å². The standard InChI is InChI=1S/C25H23N3O5S2/c1-32-20-8-6-19(7-9-20)27-35(30,31)21-10-11-23-22(14-21)26-25(33-23)34-16-24(29)28-13-12-17-4-2-3-5-18(17)15-28/h2-11,14,27H,12-13,15-16H2,1H3. The Morgan fingerprint density at radius 1 is 1.11 bits per heavy atom. The molecule has 35 heavy (non-hydrogen) atoms. The van der Waals surface area contributed by atoms with Gasteiger partial charge in [-0.25, -0.2) is 13.4 Å². The topological polar surface area (TPSA) is 102 Å². The first-order valence-electron chi connectivity index (χ1n) is 11.0. The molecule has 0 atom stereocenters. The molecule has 0 fully saturated rings. The lowest BCUT2D eigenvalue weighted by Crippen LogP contribution is -2.37. The lowest BCUT2D eigenvalue weighted by atomic mass is 10.00. The summed E-state index contributed by atoms with van der Waals surface area (Å²) in [5, 5.41) is 0.323. The third-order valence-electron chi connectivity index (χ3n) is 5.79. The maximum atomic E-state index is 12.8. The second-order valence-corrected chi connectivity index (χ2v) is 10.7. The van der Waals surface area contributed by atoms with E-state index in [2.05, 4.69) is 21.8 Å². The van der Waals surface area contributed by atoms with E-state index >= 15 is 0 Å². The maximum Gasteiger partial charge on any atom is 0.261 e. The highest BCUT2D eigenvalue weighted by molar-refractivity contribution is 7.99. The number of carbonyl (C=O) groups excluding carboxylic acids is 1. The lowest BCUT2D eigenvalue weighted by Gasteiger charge is -2.28. The number of hydrogen-bond acceptors (Lipinski definition) is 7. The summed E-state index contributed by atoms with van der Waals surface area (Å²) in [6.07, 6.45) is 0.845. The molecule has 1 N–H and O–H groups in total. The van der Waals surface area contributed by atoms with Gasteiger partial charge in [0.25, 0.3) is 15.2 Å². The van der Waals surface area contributed by atoms with Crippen LogP contribution in [-0.4, -0.2) is 43.6 Å². The molecule has 0 saturated carbocycles. The van der Waals surface area contributed by atoms with Crippen molar-refractivity contribution in [2.75, 3.05) is 24.1 Å². The Hall–Kier alpha value is -3.50. The number of thioether (sulfide) groups is 1. The lowest BCUT2D eigenvalue weighted by molar-refractivity contribution is -0.129. The first-order chi connectivity index (χ1) is 16.9. The van der Waals surface area contributed by atoms with Crippen molar-refractivity contribution >= 4 is 44.5 Å². The first-order valence-corrected chi connectivity index (χ1v) is 13.4. The van der Waals surface area contributed by atoms with Crippen LogP contribution in [0.5, 0.6) is 5.75 Å². The normalized spacial score (nSPS) is 13.5. The van der Waals surface area contributed by atoms with E-state index in [4.69, 9.17) is 9.15 Å². The summed E-state index contributed by atoms with van der Waals surface area (Å²) in [5.74, 6) is 0.836. The molecule has 2 heterocycles. The zero-order valence-electron chi connectivity index (χ0n) is 18.9. The Morgan fingerprint density at radius 2 is 1.89 bits per heavy atom. The molecule has 1 aromatic heterocycles. The average molecular weight is 510 g/mol. The van der Waals surface area contributed by atoms with Gasteiger partial charge in [-0.2, -0.15) is 0 Å². The summed E-state index contributed by atoms with van der Waals surface area (Å²) >= 11 is 1.20. The van der Waals surface area contributed by atoms with Crippen molar-refractivity contribution in [3.05, 3.63) is 77.9 Å². The van der Waals surface area contributed by atoms with E-state index in [-0.39, 0.29) is 16.6 Å². The summed E-state index contributed by atoms with van der Waals surface area (Å²) in [6.45, 7) is 1.29. The van der Waals surface area contributed by atoms with Gasteiger partial charge in [-0.05, 0) is 60.0 Å². The number of oxazole rings is 1. The molecule has 0 saturated heterocycles. The van der Waals surface area contributed by atoms with E-state index in [1.807, 2.05) is 17.0 Å². The fourth-order valence-corrected chi connectivity index (χ4v) is 5.73. The van der Waals surface area contributed by atoms with Gasteiger partial charge >= 0.3 is 0 Å². The predicted molar refractivity (Wildman–Crippen MR) is 134 cm³/mol. The summed E-state index contributed by atoms with van der Waals surface area (Å²) in [6, 6.07) is 19.2. The molecule has 0 radical (unpaired) electrons. The number of amides is 1. The molecule has 0 aliphatic carbocycles. The van der Waals surface area contributed by atoms with Gasteiger partial charge in [-0.1, -0.05) is 36.0 Å². The van der Waals surface area contributed by atoms with Crippen LogP contribution < -0.4 is 9.46 Å². The SMILES string of the molecule is COc1ccc(NS(=O)(=O)c2ccc3oc(SCC(=O)N4CCc5ccccc5C4)nc3c2)cc1. The minimum Gasteiger partial charge on any atom is -0.497 e. The highest BCUT2D eigenvalue weighted by Crippen LogP contribution is 2.27. The number of sulfonamides is 1. The smallest absolute Gasteiger partial charge is 0.261 e. The van der Waals surface area contributed by atoms with Crippen LogP contribution in [0, 0.1) is 0 Å². The van der Waals surface area contributed by atoms with Gasteiger partial charge in [0.2, 0.25) is 5.91 Å². The van der Waals surface area contributed by atoms with Crippen LogP contribution in [-0.2, 0) is 27.8 Å². The van der Waals surface area contributed by atoms with Crippen LogP contribution in [0.15, 0.2) is 81.3 Å². The van der Waals surface area contributed by atoms with Crippen molar-refractivity contribution in [1.29, 1.82) is 0 Å². The Kier molecular flexibility index (Phi) is 6.40. The largest absolute Gasteiger partial charge is 0.497 e. The number of anilines is 1. The van der Waals surface area contributed by atoms with Gasteiger partial charge in [0.1, 0.15) is 11.3 Å². The van der Waals surface area contributed by atoms with Crippen LogP contribution in [0.4, 0.5) is 5.69 Å². The molecular weight excluding hydrogens is 486 g/mol. The number of carbonyl (C=O) groups is 1. The molecule has 1 aliphatic heterocycles. The van der Waals surface area contributed by atoms with Gasteiger partial charge in [0, 0.05) is 18.8 Å². The van der Waals surface area contributed by atoms with Crippen molar-refractivity contribution in [2.24, 2.45) is 0 Å². The molecule has 0 unspecified atom stereocenters. The highest BCUT2D eigenvalue weighted by atomic mass is 32.2. The van der Waals surface area contributed by atoms with Crippen molar-refractivity contribution in [1.82, 2.24) is 9.88 Å². The third-order valence-corrected chi connectivity index (χ3v) is 7.99. The number of benzene rings is 3. The Balaban J connectivity index is 1.25. The summed E-state index contributed by atoms with van der Waals surface area (Å²) in [7, 11) is -2.28. The molecule has 0 spiro atoms. The number of fused-ring (bicyclic) bond motifs is 2. The fourth-order valence-electron chi connectivity index (χ4n) is 3.91. The van der Waals surface area contributed by atoms with Gasteiger partial charge in [0.05, 0.1) is 17.8 Å². The van der Waals surface area contributed by atoms with E-state index in [1.54, 1.807) is 37.4 Å². The molecule has 4 aromatic rings. The number of hydrogen-bond donors (Lipinski definition) is 1. The van der Waals surface area contributed by atoms with Crippen LogP contribution in [0.3, 0.4) is 0 Å². The molecule has 5 rings (SSSR count). The molecule has 1 amide bonds. The van der Waals surface area contributed by atoms with E-state index in [1.165, 1.54) is 35.0 Å². The molecule has 3 aromatic carbocycles. The van der Waals surface area contributed by atoms with E-state index in [0.717, 1.165) is 6.42 Å². The van der Waals surface area contributed by atoms with Crippen LogP contribution in [0.1, 0.15) is 11.1 Å². The van der Waals surface area contributed by atoms with E-state index < -0.39 is 10.0 Å². The third kappa shape index (κ3) is 5.13. The zero-order valence-corrected chi connectivity index (χ0v) is 20.6. The first kappa shape index (κ1) is 23.3. The minimum atomic E-state index is -3.82. The molecule has 10 heteroatoms. The number of ether oxygens (including phenoxy) is 1. The molecule has 8 nitrogen and oxygen atoms in total. The van der Waals surface area contributed by atoms with E-state index in [0.29, 0.717) is 40.8 Å². The minimum absolute atomic E-state index is 0.0127. The van der Waals surface area contributed by atoms with Gasteiger partial charge in [-0.15, -0.1) is 0 Å². The molecule has 180 valence electrons. The average Bonchev–Trinajstić information content (AvgIpc) is 3.29. The Bertz CT molecular complexity index is 1480. The zero-order chi connectivity index (χ0) is 24.4. The van der Waals surface area contributed by atoms with Gasteiger partial charge in [0.15, 0.2) is 5.58 Å². The molecular formula is C25H23N3O5S2. The number of aromatic nitrogens is 1. The van der Waals surface area contributed by atoms with Crippen molar-refractivity contribution < 1.29 is 22.4 Å². The van der Waals surface area contributed by atoms with Gasteiger partial charge < -0.3 is 14.1 Å². The maximum absolute atomic E-state index is 12.8. The van der Waals surface area contributed by atoms with Gasteiger partial charge in [-0.3, -0.25) is 9.52 Å². The predicted octanol–water partition coefficient (Wildman–Crippen LogP) is 4.31. The molecule has 1 aliphatic rings. The van der Waals surface area contributed by atoms with Crippen molar-refractivity contribution in [2.45, 2.75) is 23.1 Å². The van der Waals surface area contributed by atoms with Crippen molar-refractivity contribution in [3.8, 4) is 5.75 Å². The number of methoxy groups -OCH3 is 1. The highest BCUT2D eigenvalue weighted by Gasteiger charge is 2.22. The summed E-state index contributed by atoms with van der Waals surface area (Å²) in [5.41, 5.74) is 3.74. The quantitative estimate of drug-likeness (QED) is 0.370. The summed E-state index contributed by atoms with van der Waals surface area (Å²) < 4.78 is 39.0. The summed E-state index contributed by atoms with van der Waals surface area (Å²) in [4.78, 5) is 19.0. The number of nitrogens with one attached hydrogen (secondary N) is 1. The second-order valence-electron chi connectivity index (χ2n) is 8.07. The van der Waals surface area contributed by atoms with Crippen LogP contribution >= 0.6 is 11.8 Å². The Labute approximate surface area is 207 Å². The Morgan fingerprint density at radius 3 is 2.66 bits per heavy atom. The fraction of sp³-hybridized carbons (Fsp3) is 0.200. The monoisotopic (exact) mass is 509 g/mol. The number of nitrogens with zero attached hydrogens (tertiary/aromatic N) is 2. The van der Waals surface area contributed by atoms with Crippen LogP contribution in [0.25, 0.3) is 11.1 Å². The second kappa shape index (κ2) is 9.63.